The molecule has 1 N–H and O–H groups in total. The third-order valence-electron chi connectivity index (χ3n) is 4.56. The van der Waals surface area contributed by atoms with Crippen molar-refractivity contribution in [3.63, 3.8) is 0 Å². The number of carbonyl (C=O) groups is 2. The first-order valence-corrected chi connectivity index (χ1v) is 8.79. The molecule has 2 aromatic carbocycles. The number of hydrogen-bond donors (Lipinski definition) is 1. The number of anilines is 2. The number of ether oxygens (including phenoxy) is 1. The van der Waals surface area contributed by atoms with Crippen molar-refractivity contribution in [1.29, 1.82) is 0 Å². The molecule has 0 aliphatic carbocycles. The van der Waals surface area contributed by atoms with Crippen LogP contribution < -0.4 is 15.0 Å². The Morgan fingerprint density at radius 2 is 2.00 bits per heavy atom. The van der Waals surface area contributed by atoms with Crippen LogP contribution in [0.4, 0.5) is 11.4 Å². The second-order valence-corrected chi connectivity index (χ2v) is 6.97. The number of hydrogen-bond acceptors (Lipinski definition) is 3. The zero-order valence-corrected chi connectivity index (χ0v) is 15.8. The van der Waals surface area contributed by atoms with E-state index in [4.69, 9.17) is 16.3 Å². The highest BCUT2D eigenvalue weighted by Gasteiger charge is 2.35. The standard InChI is InChI=1S/C20H21ClN2O3/c1-12-4-6-17(13(2)8-12)23-11-14(9-19(23)24)20(25)22-16-10-15(21)5-7-18(16)26-3/h4-8,10,14H,9,11H2,1-3H3,(H,22,25)/t14-/m1/s1. The van der Waals surface area contributed by atoms with Gasteiger partial charge in [0.05, 0.1) is 18.7 Å². The Labute approximate surface area is 157 Å². The number of methoxy groups -OCH3 is 1. The molecule has 1 atom stereocenters. The Morgan fingerprint density at radius 1 is 1.23 bits per heavy atom. The fourth-order valence-electron chi connectivity index (χ4n) is 3.24. The minimum atomic E-state index is -0.424. The molecule has 0 bridgehead atoms. The number of rotatable bonds is 4. The Morgan fingerprint density at radius 3 is 2.69 bits per heavy atom. The van der Waals surface area contributed by atoms with E-state index in [-0.39, 0.29) is 18.2 Å². The van der Waals surface area contributed by atoms with Gasteiger partial charge in [0.2, 0.25) is 11.8 Å². The van der Waals surface area contributed by atoms with E-state index in [0.717, 1.165) is 16.8 Å². The van der Waals surface area contributed by atoms with Crippen LogP contribution in [0.25, 0.3) is 0 Å². The van der Waals surface area contributed by atoms with Crippen LogP contribution in [0, 0.1) is 19.8 Å². The third-order valence-corrected chi connectivity index (χ3v) is 4.79. The molecule has 2 aromatic rings. The van der Waals surface area contributed by atoms with Crippen LogP contribution in [0.3, 0.4) is 0 Å². The van der Waals surface area contributed by atoms with Crippen LogP contribution in [0.1, 0.15) is 17.5 Å². The van der Waals surface area contributed by atoms with Gasteiger partial charge >= 0.3 is 0 Å². The SMILES string of the molecule is COc1ccc(Cl)cc1NC(=O)[C@@H]1CC(=O)N(c2ccc(C)cc2C)C1. The fraction of sp³-hybridized carbons (Fsp3) is 0.300. The highest BCUT2D eigenvalue weighted by molar-refractivity contribution is 6.31. The largest absolute Gasteiger partial charge is 0.495 e. The highest BCUT2D eigenvalue weighted by Crippen LogP contribution is 2.31. The molecule has 1 aliphatic heterocycles. The Bertz CT molecular complexity index is 866. The first-order chi connectivity index (χ1) is 12.4. The summed E-state index contributed by atoms with van der Waals surface area (Å²) in [7, 11) is 1.53. The predicted octanol–water partition coefficient (Wildman–Crippen LogP) is 3.96. The monoisotopic (exact) mass is 372 g/mol. The van der Waals surface area contributed by atoms with Crippen molar-refractivity contribution in [2.24, 2.45) is 5.92 Å². The van der Waals surface area contributed by atoms with Crippen molar-refractivity contribution in [2.75, 3.05) is 23.9 Å². The highest BCUT2D eigenvalue weighted by atomic mass is 35.5. The number of benzene rings is 2. The summed E-state index contributed by atoms with van der Waals surface area (Å²) in [6.45, 7) is 4.34. The number of aryl methyl sites for hydroxylation is 2. The zero-order chi connectivity index (χ0) is 18.8. The number of halogens is 1. The zero-order valence-electron chi connectivity index (χ0n) is 15.0. The summed E-state index contributed by atoms with van der Waals surface area (Å²) in [4.78, 5) is 26.8. The molecule has 1 fully saturated rings. The summed E-state index contributed by atoms with van der Waals surface area (Å²) in [5.74, 6) is -0.161. The van der Waals surface area contributed by atoms with Crippen LogP contribution in [0.2, 0.25) is 5.02 Å². The molecular formula is C20H21ClN2O3. The van der Waals surface area contributed by atoms with E-state index in [1.807, 2.05) is 32.0 Å². The summed E-state index contributed by atoms with van der Waals surface area (Å²) in [6.07, 6.45) is 0.183. The first-order valence-electron chi connectivity index (χ1n) is 8.41. The number of carbonyl (C=O) groups excluding carboxylic acids is 2. The fourth-order valence-corrected chi connectivity index (χ4v) is 3.41. The van der Waals surface area contributed by atoms with Crippen molar-refractivity contribution in [3.8, 4) is 5.75 Å². The van der Waals surface area contributed by atoms with E-state index in [1.54, 1.807) is 23.1 Å². The molecule has 2 amide bonds. The van der Waals surface area contributed by atoms with Crippen molar-refractivity contribution in [3.05, 3.63) is 52.5 Å². The molecule has 6 heteroatoms. The van der Waals surface area contributed by atoms with Gasteiger partial charge in [0.25, 0.3) is 0 Å². The normalized spacial score (nSPS) is 16.7. The average Bonchev–Trinajstić information content (AvgIpc) is 2.97. The summed E-state index contributed by atoms with van der Waals surface area (Å²) in [6, 6.07) is 11.0. The van der Waals surface area contributed by atoms with E-state index in [1.165, 1.54) is 7.11 Å². The maximum atomic E-state index is 12.7. The molecule has 3 rings (SSSR count). The lowest BCUT2D eigenvalue weighted by Gasteiger charge is -2.19. The maximum absolute atomic E-state index is 12.7. The molecule has 1 saturated heterocycles. The van der Waals surface area contributed by atoms with E-state index in [0.29, 0.717) is 23.0 Å². The molecule has 26 heavy (non-hydrogen) atoms. The summed E-state index contributed by atoms with van der Waals surface area (Å²) >= 11 is 6.00. The van der Waals surface area contributed by atoms with E-state index < -0.39 is 5.92 Å². The Kier molecular flexibility index (Phi) is 5.18. The molecule has 5 nitrogen and oxygen atoms in total. The van der Waals surface area contributed by atoms with E-state index in [9.17, 15) is 9.59 Å². The van der Waals surface area contributed by atoms with Crippen molar-refractivity contribution < 1.29 is 14.3 Å². The van der Waals surface area contributed by atoms with Crippen LogP contribution >= 0.6 is 11.6 Å². The van der Waals surface area contributed by atoms with Gasteiger partial charge in [-0.25, -0.2) is 0 Å². The summed E-state index contributed by atoms with van der Waals surface area (Å²) in [5.41, 5.74) is 3.52. The van der Waals surface area contributed by atoms with Crippen LogP contribution in [0.5, 0.6) is 5.75 Å². The van der Waals surface area contributed by atoms with Gasteiger partial charge in [-0.15, -0.1) is 0 Å². The third kappa shape index (κ3) is 3.68. The molecule has 0 aromatic heterocycles. The second kappa shape index (κ2) is 7.38. The van der Waals surface area contributed by atoms with Gasteiger partial charge in [0.1, 0.15) is 5.75 Å². The van der Waals surface area contributed by atoms with E-state index in [2.05, 4.69) is 5.32 Å². The Balaban J connectivity index is 1.76. The molecule has 0 unspecified atom stereocenters. The average molecular weight is 373 g/mol. The lowest BCUT2D eigenvalue weighted by atomic mass is 10.1. The van der Waals surface area contributed by atoms with Crippen molar-refractivity contribution in [2.45, 2.75) is 20.3 Å². The quantitative estimate of drug-likeness (QED) is 0.883. The molecule has 0 saturated carbocycles. The summed E-state index contributed by atoms with van der Waals surface area (Å²) < 4.78 is 5.25. The van der Waals surface area contributed by atoms with Gasteiger partial charge in [-0.05, 0) is 43.7 Å². The minimum Gasteiger partial charge on any atom is -0.495 e. The van der Waals surface area contributed by atoms with Crippen LogP contribution in [0.15, 0.2) is 36.4 Å². The van der Waals surface area contributed by atoms with E-state index >= 15 is 0 Å². The van der Waals surface area contributed by atoms with Gasteiger partial charge in [0.15, 0.2) is 0 Å². The topological polar surface area (TPSA) is 58.6 Å². The lowest BCUT2D eigenvalue weighted by Crippen LogP contribution is -2.28. The second-order valence-electron chi connectivity index (χ2n) is 6.53. The number of nitrogens with zero attached hydrogens (tertiary/aromatic N) is 1. The van der Waals surface area contributed by atoms with Crippen LogP contribution in [-0.4, -0.2) is 25.5 Å². The first kappa shape index (κ1) is 18.3. The van der Waals surface area contributed by atoms with Gasteiger partial charge < -0.3 is 15.0 Å². The summed E-state index contributed by atoms with van der Waals surface area (Å²) in [5, 5.41) is 3.33. The Hall–Kier alpha value is -2.53. The molecule has 1 heterocycles. The molecule has 136 valence electrons. The van der Waals surface area contributed by atoms with Gasteiger partial charge in [-0.2, -0.15) is 0 Å². The van der Waals surface area contributed by atoms with Crippen LogP contribution in [-0.2, 0) is 9.59 Å². The molecular weight excluding hydrogens is 352 g/mol. The van der Waals surface area contributed by atoms with Crippen molar-refractivity contribution >= 4 is 34.8 Å². The minimum absolute atomic E-state index is 0.0461. The number of amides is 2. The smallest absolute Gasteiger partial charge is 0.229 e. The van der Waals surface area contributed by atoms with Gasteiger partial charge in [-0.1, -0.05) is 29.3 Å². The molecule has 1 aliphatic rings. The van der Waals surface area contributed by atoms with Gasteiger partial charge in [0, 0.05) is 23.7 Å². The molecule has 0 radical (unpaired) electrons. The van der Waals surface area contributed by atoms with Gasteiger partial charge in [-0.3, -0.25) is 9.59 Å². The lowest BCUT2D eigenvalue weighted by molar-refractivity contribution is -0.122. The van der Waals surface area contributed by atoms with Crippen molar-refractivity contribution in [1.82, 2.24) is 0 Å². The predicted molar refractivity (Wildman–Crippen MR) is 103 cm³/mol. The maximum Gasteiger partial charge on any atom is 0.229 e. The molecule has 0 spiro atoms. The number of nitrogens with one attached hydrogen (secondary N) is 1.